The maximum Gasteiger partial charge on any atom is 0.122 e. The number of ether oxygens (including phenoxy) is 1. The quantitative estimate of drug-likeness (QED) is 0.892. The molecule has 1 heterocycles. The van der Waals surface area contributed by atoms with Gasteiger partial charge in [0.2, 0.25) is 0 Å². The van der Waals surface area contributed by atoms with Gasteiger partial charge in [-0.3, -0.25) is 0 Å². The molecule has 1 aromatic carbocycles. The lowest BCUT2D eigenvalue weighted by Gasteiger charge is -2.37. The third-order valence-electron chi connectivity index (χ3n) is 3.23. The number of hydrogen-bond acceptors (Lipinski definition) is 3. The van der Waals surface area contributed by atoms with Crippen LogP contribution in [-0.2, 0) is 6.42 Å². The van der Waals surface area contributed by atoms with Crippen molar-refractivity contribution < 1.29 is 4.74 Å². The third kappa shape index (κ3) is 3.17. The van der Waals surface area contributed by atoms with Crippen LogP contribution < -0.4 is 10.1 Å². The molecule has 0 aromatic heterocycles. The summed E-state index contributed by atoms with van der Waals surface area (Å²) in [5.41, 5.74) is 1.28. The van der Waals surface area contributed by atoms with Crippen LogP contribution in [0.5, 0.6) is 5.75 Å². The molecule has 2 unspecified atom stereocenters. The first-order valence-electron chi connectivity index (χ1n) is 6.14. The minimum absolute atomic E-state index is 0.140. The van der Waals surface area contributed by atoms with Gasteiger partial charge in [-0.15, -0.1) is 11.8 Å². The lowest BCUT2D eigenvalue weighted by molar-refractivity contribution is 0.395. The first-order valence-corrected chi connectivity index (χ1v) is 7.12. The highest BCUT2D eigenvalue weighted by molar-refractivity contribution is 8.00. The summed E-state index contributed by atoms with van der Waals surface area (Å²) in [6.45, 7) is 5.69. The highest BCUT2D eigenvalue weighted by atomic mass is 32.2. The average molecular weight is 251 g/mol. The molecule has 0 aliphatic carbocycles. The van der Waals surface area contributed by atoms with Crippen LogP contribution in [0, 0.1) is 5.92 Å². The molecule has 3 heteroatoms. The normalized spacial score (nSPS) is 29.0. The van der Waals surface area contributed by atoms with Gasteiger partial charge in [0.1, 0.15) is 5.75 Å². The van der Waals surface area contributed by atoms with Crippen LogP contribution in [0.4, 0.5) is 0 Å². The second-order valence-corrected chi connectivity index (χ2v) is 6.54. The Morgan fingerprint density at radius 2 is 2.24 bits per heavy atom. The van der Waals surface area contributed by atoms with E-state index in [1.165, 1.54) is 11.3 Å². The zero-order chi connectivity index (χ0) is 12.3. The van der Waals surface area contributed by atoms with Gasteiger partial charge < -0.3 is 10.1 Å². The van der Waals surface area contributed by atoms with Crippen molar-refractivity contribution >= 4 is 11.8 Å². The van der Waals surface area contributed by atoms with Gasteiger partial charge in [0, 0.05) is 6.42 Å². The number of benzene rings is 1. The van der Waals surface area contributed by atoms with E-state index < -0.39 is 0 Å². The number of hydrogen-bond donors (Lipinski definition) is 1. The van der Waals surface area contributed by atoms with Crippen LogP contribution in [0.2, 0.25) is 0 Å². The molecule has 17 heavy (non-hydrogen) atoms. The predicted molar refractivity (Wildman–Crippen MR) is 74.7 cm³/mol. The highest BCUT2D eigenvalue weighted by Gasteiger charge is 2.30. The van der Waals surface area contributed by atoms with E-state index in [2.05, 4.69) is 31.3 Å². The molecule has 1 N–H and O–H groups in total. The largest absolute Gasteiger partial charge is 0.496 e. The van der Waals surface area contributed by atoms with E-state index in [0.29, 0.717) is 0 Å². The molecule has 2 atom stereocenters. The fraction of sp³-hybridized carbons (Fsp3) is 0.571. The van der Waals surface area contributed by atoms with Crippen LogP contribution in [0.15, 0.2) is 24.3 Å². The van der Waals surface area contributed by atoms with E-state index in [9.17, 15) is 0 Å². The summed E-state index contributed by atoms with van der Waals surface area (Å²) in [7, 11) is 1.74. The van der Waals surface area contributed by atoms with Gasteiger partial charge in [-0.05, 0) is 36.8 Å². The number of rotatable bonds is 3. The van der Waals surface area contributed by atoms with Gasteiger partial charge >= 0.3 is 0 Å². The van der Waals surface area contributed by atoms with Crippen LogP contribution in [0.25, 0.3) is 0 Å². The molecule has 1 saturated heterocycles. The van der Waals surface area contributed by atoms with Gasteiger partial charge in [0.25, 0.3) is 0 Å². The third-order valence-corrected chi connectivity index (χ3v) is 4.89. The summed E-state index contributed by atoms with van der Waals surface area (Å²) < 4.78 is 5.42. The zero-order valence-electron chi connectivity index (χ0n) is 10.8. The molecule has 1 aliphatic heterocycles. The van der Waals surface area contributed by atoms with Crippen molar-refractivity contribution in [1.29, 1.82) is 0 Å². The Balaban J connectivity index is 2.09. The number of methoxy groups -OCH3 is 1. The Kier molecular flexibility index (Phi) is 4.00. The SMILES string of the molecule is COc1ccccc1CC1(C)NCC(C)CS1. The van der Waals surface area contributed by atoms with Crippen LogP contribution >= 0.6 is 11.8 Å². The van der Waals surface area contributed by atoms with Gasteiger partial charge in [-0.25, -0.2) is 0 Å². The van der Waals surface area contributed by atoms with Crippen molar-refractivity contribution in [3.63, 3.8) is 0 Å². The molecule has 0 spiro atoms. The Morgan fingerprint density at radius 3 is 2.88 bits per heavy atom. The molecule has 0 bridgehead atoms. The van der Waals surface area contributed by atoms with E-state index in [-0.39, 0.29) is 4.87 Å². The molecule has 94 valence electrons. The Labute approximate surface area is 108 Å². The zero-order valence-corrected chi connectivity index (χ0v) is 11.6. The van der Waals surface area contributed by atoms with Crippen molar-refractivity contribution in [1.82, 2.24) is 5.32 Å². The van der Waals surface area contributed by atoms with Crippen molar-refractivity contribution in [2.75, 3.05) is 19.4 Å². The van der Waals surface area contributed by atoms with E-state index in [1.54, 1.807) is 7.11 Å². The Morgan fingerprint density at radius 1 is 1.47 bits per heavy atom. The summed E-state index contributed by atoms with van der Waals surface area (Å²) >= 11 is 2.02. The Bertz CT molecular complexity index is 372. The maximum atomic E-state index is 5.42. The molecule has 0 radical (unpaired) electrons. The molecular formula is C14H21NOS. The summed E-state index contributed by atoms with van der Waals surface area (Å²) in [5, 5.41) is 3.65. The summed E-state index contributed by atoms with van der Waals surface area (Å²) in [4.78, 5) is 0.140. The lowest BCUT2D eigenvalue weighted by Crippen LogP contribution is -2.48. The minimum atomic E-state index is 0.140. The fourth-order valence-corrected chi connectivity index (χ4v) is 3.37. The molecule has 0 amide bonds. The summed E-state index contributed by atoms with van der Waals surface area (Å²) in [6.07, 6.45) is 1.01. The van der Waals surface area contributed by atoms with Crippen LogP contribution in [0.3, 0.4) is 0 Å². The molecule has 1 fully saturated rings. The van der Waals surface area contributed by atoms with Crippen molar-refractivity contribution in [3.05, 3.63) is 29.8 Å². The van der Waals surface area contributed by atoms with Crippen LogP contribution in [-0.4, -0.2) is 24.3 Å². The van der Waals surface area contributed by atoms with Gasteiger partial charge in [0.15, 0.2) is 0 Å². The van der Waals surface area contributed by atoms with Gasteiger partial charge in [0.05, 0.1) is 12.0 Å². The average Bonchev–Trinajstić information content (AvgIpc) is 2.34. The Hall–Kier alpha value is -0.670. The molecule has 1 aliphatic rings. The smallest absolute Gasteiger partial charge is 0.122 e. The molecular weight excluding hydrogens is 230 g/mol. The molecule has 1 aromatic rings. The summed E-state index contributed by atoms with van der Waals surface area (Å²) in [5.74, 6) is 3.00. The predicted octanol–water partition coefficient (Wildman–Crippen LogP) is 2.93. The minimum Gasteiger partial charge on any atom is -0.496 e. The second kappa shape index (κ2) is 5.32. The molecule has 2 rings (SSSR count). The standard InChI is InChI=1S/C14H21NOS/c1-11-9-15-14(2,17-10-11)8-12-6-4-5-7-13(12)16-3/h4-7,11,15H,8-10H2,1-3H3. The van der Waals surface area contributed by atoms with Gasteiger partial charge in [-0.2, -0.15) is 0 Å². The fourth-order valence-electron chi connectivity index (χ4n) is 2.15. The maximum absolute atomic E-state index is 5.42. The van der Waals surface area contributed by atoms with E-state index >= 15 is 0 Å². The lowest BCUT2D eigenvalue weighted by atomic mass is 10.0. The van der Waals surface area contributed by atoms with E-state index in [1.807, 2.05) is 23.9 Å². The molecule has 2 nitrogen and oxygen atoms in total. The number of para-hydroxylation sites is 1. The number of thioether (sulfide) groups is 1. The topological polar surface area (TPSA) is 21.3 Å². The highest BCUT2D eigenvalue weighted by Crippen LogP contribution is 2.34. The monoisotopic (exact) mass is 251 g/mol. The van der Waals surface area contributed by atoms with Crippen molar-refractivity contribution in [2.45, 2.75) is 25.1 Å². The number of nitrogens with one attached hydrogen (secondary N) is 1. The first-order chi connectivity index (χ1) is 8.13. The van der Waals surface area contributed by atoms with Crippen molar-refractivity contribution in [3.8, 4) is 5.75 Å². The molecule has 0 saturated carbocycles. The second-order valence-electron chi connectivity index (χ2n) is 5.02. The van der Waals surface area contributed by atoms with Crippen molar-refractivity contribution in [2.24, 2.45) is 5.92 Å². The van der Waals surface area contributed by atoms with Crippen LogP contribution in [0.1, 0.15) is 19.4 Å². The van der Waals surface area contributed by atoms with E-state index in [4.69, 9.17) is 4.74 Å². The summed E-state index contributed by atoms with van der Waals surface area (Å²) in [6, 6.07) is 8.30. The van der Waals surface area contributed by atoms with Gasteiger partial charge in [-0.1, -0.05) is 25.1 Å². The van der Waals surface area contributed by atoms with E-state index in [0.717, 1.165) is 24.6 Å². The first kappa shape index (κ1) is 12.8.